The summed E-state index contributed by atoms with van der Waals surface area (Å²) in [6.45, 7) is 0.953. The zero-order valence-electron chi connectivity index (χ0n) is 12.4. The average Bonchev–Trinajstić information content (AvgIpc) is 2.47. The maximum Gasteiger partial charge on any atom is 0.184 e. The Morgan fingerprint density at radius 1 is 1.20 bits per heavy atom. The van der Waals surface area contributed by atoms with Gasteiger partial charge in [-0.25, -0.2) is 0 Å². The molecule has 0 atom stereocenters. The van der Waals surface area contributed by atoms with Gasteiger partial charge in [0, 0.05) is 17.8 Å². The van der Waals surface area contributed by atoms with E-state index in [4.69, 9.17) is 19.9 Å². The molecule has 2 N–H and O–H groups in total. The van der Waals surface area contributed by atoms with Crippen molar-refractivity contribution < 1.29 is 14.2 Å². The zero-order valence-corrected chi connectivity index (χ0v) is 12.4. The molecule has 1 aliphatic rings. The van der Waals surface area contributed by atoms with E-state index in [-0.39, 0.29) is 5.54 Å². The quantitative estimate of drug-likeness (QED) is 0.866. The van der Waals surface area contributed by atoms with E-state index < -0.39 is 0 Å². The third-order valence-electron chi connectivity index (χ3n) is 3.84. The zero-order chi connectivity index (χ0) is 14.4. The lowest BCUT2D eigenvalue weighted by molar-refractivity contribution is 0.0545. The van der Waals surface area contributed by atoms with Gasteiger partial charge in [-0.3, -0.25) is 4.98 Å². The van der Waals surface area contributed by atoms with E-state index in [1.807, 2.05) is 0 Å². The topological polar surface area (TPSA) is 66.6 Å². The van der Waals surface area contributed by atoms with Crippen LogP contribution >= 0.6 is 0 Å². The van der Waals surface area contributed by atoms with Gasteiger partial charge < -0.3 is 19.9 Å². The second-order valence-corrected chi connectivity index (χ2v) is 5.41. The van der Waals surface area contributed by atoms with Crippen LogP contribution < -0.4 is 15.2 Å². The molecule has 1 aromatic heterocycles. The minimum absolute atomic E-state index is 0.176. The molecule has 0 radical (unpaired) electrons. The molecule has 1 aromatic rings. The first kappa shape index (κ1) is 15.1. The maximum atomic E-state index is 6.35. The first-order valence-corrected chi connectivity index (χ1v) is 7.11. The monoisotopic (exact) mass is 280 g/mol. The summed E-state index contributed by atoms with van der Waals surface area (Å²) in [6, 6.07) is 1.77. The van der Waals surface area contributed by atoms with Crippen molar-refractivity contribution in [3.63, 3.8) is 0 Å². The number of nitrogens with zero attached hydrogens (tertiary/aromatic N) is 1. The minimum atomic E-state index is -0.176. The summed E-state index contributed by atoms with van der Waals surface area (Å²) in [6.07, 6.45) is 7.44. The Morgan fingerprint density at radius 2 is 1.95 bits per heavy atom. The Bertz CT molecular complexity index is 431. The second-order valence-electron chi connectivity index (χ2n) is 5.41. The molecule has 1 fully saturated rings. The largest absolute Gasteiger partial charge is 0.493 e. The lowest BCUT2D eigenvalue weighted by atomic mass is 9.83. The number of aromatic nitrogens is 1. The van der Waals surface area contributed by atoms with Crippen LogP contribution in [-0.4, -0.2) is 31.3 Å². The van der Waals surface area contributed by atoms with Gasteiger partial charge in [0.2, 0.25) is 0 Å². The van der Waals surface area contributed by atoms with Gasteiger partial charge >= 0.3 is 0 Å². The minimum Gasteiger partial charge on any atom is -0.493 e. The van der Waals surface area contributed by atoms with Crippen molar-refractivity contribution in [1.82, 2.24) is 4.98 Å². The first-order valence-electron chi connectivity index (χ1n) is 7.11. The summed E-state index contributed by atoms with van der Waals surface area (Å²) in [5.41, 5.74) is 6.91. The molecule has 0 amide bonds. The first-order chi connectivity index (χ1) is 9.68. The molecular formula is C15H24N2O3. The van der Waals surface area contributed by atoms with E-state index in [0.717, 1.165) is 18.5 Å². The fraction of sp³-hybridized carbons (Fsp3) is 0.667. The standard InChI is InChI=1S/C15H24N2O3/c1-18-13-6-9-17-12(14(13)19-2)10-20-11-15(16)7-4-3-5-8-15/h6,9H,3-5,7-8,10-11,16H2,1-2H3. The molecule has 1 heterocycles. The third-order valence-corrected chi connectivity index (χ3v) is 3.84. The molecule has 0 spiro atoms. The normalized spacial score (nSPS) is 17.8. The molecule has 2 rings (SSSR count). The van der Waals surface area contributed by atoms with Gasteiger partial charge in [-0.15, -0.1) is 0 Å². The molecule has 20 heavy (non-hydrogen) atoms. The molecule has 5 nitrogen and oxygen atoms in total. The number of nitrogens with two attached hydrogens (primary N) is 1. The van der Waals surface area contributed by atoms with Crippen molar-refractivity contribution in [2.45, 2.75) is 44.2 Å². The smallest absolute Gasteiger partial charge is 0.184 e. The molecule has 0 unspecified atom stereocenters. The number of ether oxygens (including phenoxy) is 3. The van der Waals surface area contributed by atoms with Crippen LogP contribution in [0.5, 0.6) is 11.5 Å². The fourth-order valence-corrected chi connectivity index (χ4v) is 2.70. The highest BCUT2D eigenvalue weighted by Crippen LogP contribution is 2.30. The Morgan fingerprint density at radius 3 is 2.60 bits per heavy atom. The van der Waals surface area contributed by atoms with Crippen LogP contribution in [0, 0.1) is 0 Å². The van der Waals surface area contributed by atoms with E-state index in [1.165, 1.54) is 19.3 Å². The highest BCUT2D eigenvalue weighted by molar-refractivity contribution is 5.42. The molecule has 1 saturated carbocycles. The lowest BCUT2D eigenvalue weighted by Gasteiger charge is -2.33. The van der Waals surface area contributed by atoms with Gasteiger partial charge in [0.15, 0.2) is 11.5 Å². The van der Waals surface area contributed by atoms with Crippen molar-refractivity contribution in [1.29, 1.82) is 0 Å². The predicted octanol–water partition coefficient (Wildman–Crippen LogP) is 2.28. The van der Waals surface area contributed by atoms with E-state index in [2.05, 4.69) is 4.98 Å². The van der Waals surface area contributed by atoms with E-state index in [1.54, 1.807) is 26.5 Å². The average molecular weight is 280 g/mol. The second kappa shape index (κ2) is 6.90. The van der Waals surface area contributed by atoms with Gasteiger partial charge in [0.1, 0.15) is 5.69 Å². The van der Waals surface area contributed by atoms with Crippen LogP contribution in [0.4, 0.5) is 0 Å². The Labute approximate surface area is 120 Å². The van der Waals surface area contributed by atoms with Crippen LogP contribution in [0.3, 0.4) is 0 Å². The van der Waals surface area contributed by atoms with E-state index >= 15 is 0 Å². The summed E-state index contributed by atoms with van der Waals surface area (Å²) in [5.74, 6) is 1.30. The Hall–Kier alpha value is -1.33. The van der Waals surface area contributed by atoms with E-state index in [0.29, 0.717) is 24.7 Å². The molecule has 1 aliphatic carbocycles. The van der Waals surface area contributed by atoms with Crippen molar-refractivity contribution in [2.24, 2.45) is 5.73 Å². The predicted molar refractivity (Wildman–Crippen MR) is 77.0 cm³/mol. The van der Waals surface area contributed by atoms with Gasteiger partial charge in [-0.2, -0.15) is 0 Å². The number of methoxy groups -OCH3 is 2. The molecular weight excluding hydrogens is 256 g/mol. The number of hydrogen-bond acceptors (Lipinski definition) is 5. The van der Waals surface area contributed by atoms with Crippen LogP contribution in [0.1, 0.15) is 37.8 Å². The van der Waals surface area contributed by atoms with Crippen LogP contribution in [-0.2, 0) is 11.3 Å². The maximum absolute atomic E-state index is 6.35. The number of hydrogen-bond donors (Lipinski definition) is 1. The number of pyridine rings is 1. The molecule has 112 valence electrons. The summed E-state index contributed by atoms with van der Waals surface area (Å²) < 4.78 is 16.4. The molecule has 0 aromatic carbocycles. The Kier molecular flexibility index (Phi) is 5.20. The summed E-state index contributed by atoms with van der Waals surface area (Å²) >= 11 is 0. The summed E-state index contributed by atoms with van der Waals surface area (Å²) in [5, 5.41) is 0. The fourth-order valence-electron chi connectivity index (χ4n) is 2.70. The van der Waals surface area contributed by atoms with Gasteiger partial charge in [0.25, 0.3) is 0 Å². The van der Waals surface area contributed by atoms with Crippen molar-refractivity contribution in [3.05, 3.63) is 18.0 Å². The highest BCUT2D eigenvalue weighted by atomic mass is 16.5. The summed E-state index contributed by atoms with van der Waals surface area (Å²) in [7, 11) is 3.22. The van der Waals surface area contributed by atoms with Crippen LogP contribution in [0.2, 0.25) is 0 Å². The van der Waals surface area contributed by atoms with Crippen LogP contribution in [0.15, 0.2) is 12.3 Å². The molecule has 0 bridgehead atoms. The van der Waals surface area contributed by atoms with Crippen LogP contribution in [0.25, 0.3) is 0 Å². The van der Waals surface area contributed by atoms with Gasteiger partial charge in [-0.1, -0.05) is 19.3 Å². The van der Waals surface area contributed by atoms with Crippen molar-refractivity contribution in [2.75, 3.05) is 20.8 Å². The van der Waals surface area contributed by atoms with Gasteiger partial charge in [-0.05, 0) is 12.8 Å². The molecule has 0 saturated heterocycles. The van der Waals surface area contributed by atoms with E-state index in [9.17, 15) is 0 Å². The van der Waals surface area contributed by atoms with Gasteiger partial charge in [0.05, 0.1) is 27.4 Å². The SMILES string of the molecule is COc1ccnc(COCC2(N)CCCCC2)c1OC. The number of rotatable bonds is 6. The third kappa shape index (κ3) is 3.61. The van der Waals surface area contributed by atoms with Crippen molar-refractivity contribution in [3.8, 4) is 11.5 Å². The summed E-state index contributed by atoms with van der Waals surface area (Å²) in [4.78, 5) is 4.29. The lowest BCUT2D eigenvalue weighted by Crippen LogP contribution is -2.46. The Balaban J connectivity index is 1.93. The van der Waals surface area contributed by atoms with Crippen molar-refractivity contribution >= 4 is 0 Å². The molecule has 0 aliphatic heterocycles. The highest BCUT2D eigenvalue weighted by Gasteiger charge is 2.27. The molecule has 5 heteroatoms.